The van der Waals surface area contributed by atoms with E-state index in [2.05, 4.69) is 42.7 Å². The number of carboxylic acid groups (broad SMARTS) is 1. The first kappa shape index (κ1) is 53.7. The van der Waals surface area contributed by atoms with Crippen LogP contribution in [0.5, 0.6) is 0 Å². The Morgan fingerprint density at radius 3 is 1.48 bits per heavy atom. The third kappa shape index (κ3) is 38.6. The van der Waals surface area contributed by atoms with E-state index in [0.29, 0.717) is 12.8 Å². The Balaban J connectivity index is 4.45. The Kier molecular flexibility index (Phi) is 37.9. The van der Waals surface area contributed by atoms with Gasteiger partial charge in [0.1, 0.15) is 12.6 Å². The lowest BCUT2D eigenvalue weighted by Crippen LogP contribution is -2.34. The van der Waals surface area contributed by atoms with Gasteiger partial charge in [-0.2, -0.15) is 0 Å². The number of ether oxygens (including phenoxy) is 2. The maximum Gasteiger partial charge on any atom is 0.472 e. The fourth-order valence-corrected chi connectivity index (χ4v) is 6.70. The Hall–Kier alpha value is -2.30. The zero-order chi connectivity index (χ0) is 41.4. The molecule has 3 atom stereocenters. The zero-order valence-corrected chi connectivity index (χ0v) is 36.1. The van der Waals surface area contributed by atoms with Crippen LogP contribution in [0.25, 0.3) is 0 Å². The monoisotopic (exact) mass is 814 g/mol. The predicted molar refractivity (Wildman–Crippen MR) is 226 cm³/mol. The number of carbonyl (C=O) groups excluding carboxylic acids is 2. The maximum atomic E-state index is 12.6. The SMILES string of the molecule is CCCCCCCCCC=CCC=CCC=CCCC(=O)OC(COC(=O)CCCCCCCCCCCCCCCCC)COP(=O)(O)OCC(N)C(=O)O. The molecular weight excluding hydrogens is 733 g/mol. The third-order valence-electron chi connectivity index (χ3n) is 9.40. The molecule has 12 heteroatoms. The second-order valence-electron chi connectivity index (χ2n) is 14.8. The summed E-state index contributed by atoms with van der Waals surface area (Å²) in [5.74, 6) is -2.47. The molecule has 0 fully saturated rings. The molecule has 0 heterocycles. The molecule has 3 unspecified atom stereocenters. The van der Waals surface area contributed by atoms with Gasteiger partial charge >= 0.3 is 25.7 Å². The van der Waals surface area contributed by atoms with Gasteiger partial charge in [0.05, 0.1) is 13.2 Å². The fourth-order valence-electron chi connectivity index (χ4n) is 5.92. The number of phosphoric acid groups is 1. The molecule has 0 aromatic rings. The Morgan fingerprint density at radius 2 is 0.982 bits per heavy atom. The van der Waals surface area contributed by atoms with Crippen molar-refractivity contribution in [2.45, 2.75) is 206 Å². The predicted octanol–water partition coefficient (Wildman–Crippen LogP) is 11.6. The van der Waals surface area contributed by atoms with Crippen LogP contribution in [0.2, 0.25) is 0 Å². The average Bonchev–Trinajstić information content (AvgIpc) is 3.17. The summed E-state index contributed by atoms with van der Waals surface area (Å²) < 4.78 is 32.6. The molecule has 0 aliphatic heterocycles. The number of nitrogens with two attached hydrogens (primary N) is 1. The van der Waals surface area contributed by atoms with Gasteiger partial charge in [-0.3, -0.25) is 23.4 Å². The Labute approximate surface area is 340 Å². The normalized spacial score (nSPS) is 14.1. The molecule has 0 aromatic carbocycles. The van der Waals surface area contributed by atoms with Crippen molar-refractivity contribution in [3.63, 3.8) is 0 Å². The van der Waals surface area contributed by atoms with Crippen molar-refractivity contribution >= 4 is 25.7 Å². The van der Waals surface area contributed by atoms with E-state index in [-0.39, 0.29) is 19.4 Å². The molecule has 0 radical (unpaired) electrons. The largest absolute Gasteiger partial charge is 0.480 e. The van der Waals surface area contributed by atoms with Gasteiger partial charge in [-0.05, 0) is 38.5 Å². The average molecular weight is 814 g/mol. The van der Waals surface area contributed by atoms with Gasteiger partial charge in [-0.15, -0.1) is 0 Å². The van der Waals surface area contributed by atoms with Gasteiger partial charge in [-0.25, -0.2) is 4.57 Å². The molecule has 0 saturated carbocycles. The van der Waals surface area contributed by atoms with Gasteiger partial charge < -0.3 is 25.2 Å². The summed E-state index contributed by atoms with van der Waals surface area (Å²) in [4.78, 5) is 45.9. The Morgan fingerprint density at radius 1 is 0.554 bits per heavy atom. The number of aliphatic carboxylic acids is 1. The van der Waals surface area contributed by atoms with Gasteiger partial charge in [0, 0.05) is 12.8 Å². The molecule has 0 aliphatic carbocycles. The van der Waals surface area contributed by atoms with Crippen LogP contribution < -0.4 is 5.73 Å². The van der Waals surface area contributed by atoms with Gasteiger partial charge in [0.15, 0.2) is 6.10 Å². The van der Waals surface area contributed by atoms with E-state index in [1.165, 1.54) is 116 Å². The van der Waals surface area contributed by atoms with Crippen LogP contribution in [0.15, 0.2) is 36.5 Å². The van der Waals surface area contributed by atoms with Gasteiger partial charge in [-0.1, -0.05) is 179 Å². The second kappa shape index (κ2) is 39.5. The standard InChI is InChI=1S/C44H80NO10P/c1-3-5-7-9-11-13-15-17-19-20-22-24-26-28-30-32-34-36-43(47)55-40(38-53-56(50,51)54-39-41(45)44(48)49)37-52-42(46)35-33-31-29-27-25-23-21-18-16-14-12-10-8-6-4-2/h19-20,24,26,30,32,40-41H,3-18,21-23,25,27-29,31,33-39,45H2,1-2H3,(H,48,49)(H,50,51). The first-order chi connectivity index (χ1) is 27.1. The van der Waals surface area contributed by atoms with E-state index in [4.69, 9.17) is 24.8 Å². The lowest BCUT2D eigenvalue weighted by Gasteiger charge is -2.20. The van der Waals surface area contributed by atoms with Crippen molar-refractivity contribution in [3.05, 3.63) is 36.5 Å². The fraction of sp³-hybridized carbons (Fsp3) is 0.795. The third-order valence-corrected chi connectivity index (χ3v) is 10.4. The highest BCUT2D eigenvalue weighted by molar-refractivity contribution is 7.47. The summed E-state index contributed by atoms with van der Waals surface area (Å²) in [7, 11) is -4.73. The first-order valence-corrected chi connectivity index (χ1v) is 23.5. The molecule has 11 nitrogen and oxygen atoms in total. The molecule has 0 aromatic heterocycles. The number of phosphoric ester groups is 1. The lowest BCUT2D eigenvalue weighted by molar-refractivity contribution is -0.161. The summed E-state index contributed by atoms with van der Waals surface area (Å²) in [5, 5.41) is 8.88. The highest BCUT2D eigenvalue weighted by Crippen LogP contribution is 2.43. The summed E-state index contributed by atoms with van der Waals surface area (Å²) in [6.45, 7) is 2.74. The Bertz CT molecular complexity index is 1100. The molecule has 0 spiro atoms. The summed E-state index contributed by atoms with van der Waals surface area (Å²) in [6.07, 6.45) is 42.2. The van der Waals surface area contributed by atoms with Crippen LogP contribution in [0.3, 0.4) is 0 Å². The van der Waals surface area contributed by atoms with Crippen molar-refractivity contribution in [1.82, 2.24) is 0 Å². The number of carbonyl (C=O) groups is 3. The van der Waals surface area contributed by atoms with Crippen LogP contribution in [0.1, 0.15) is 194 Å². The summed E-state index contributed by atoms with van der Waals surface area (Å²) in [6, 6.07) is -1.53. The highest BCUT2D eigenvalue weighted by Gasteiger charge is 2.28. The number of rotatable bonds is 41. The van der Waals surface area contributed by atoms with Gasteiger partial charge in [0.25, 0.3) is 0 Å². The van der Waals surface area contributed by atoms with Crippen molar-refractivity contribution in [3.8, 4) is 0 Å². The molecule has 56 heavy (non-hydrogen) atoms. The second-order valence-corrected chi connectivity index (χ2v) is 16.3. The van der Waals surface area contributed by atoms with Crippen molar-refractivity contribution in [1.29, 1.82) is 0 Å². The minimum atomic E-state index is -4.73. The molecular formula is C44H80NO10P. The number of allylic oxidation sites excluding steroid dienone is 6. The van der Waals surface area contributed by atoms with E-state index in [9.17, 15) is 23.8 Å². The van der Waals surface area contributed by atoms with Crippen LogP contribution in [-0.2, 0) is 37.5 Å². The molecule has 0 aliphatic rings. The van der Waals surface area contributed by atoms with Crippen LogP contribution >= 0.6 is 7.82 Å². The van der Waals surface area contributed by atoms with Crippen molar-refractivity contribution < 1.29 is 47.5 Å². The van der Waals surface area contributed by atoms with Crippen LogP contribution in [0, 0.1) is 0 Å². The van der Waals surface area contributed by atoms with Gasteiger partial charge in [0.2, 0.25) is 0 Å². The number of hydrogen-bond donors (Lipinski definition) is 3. The number of hydrogen-bond acceptors (Lipinski definition) is 9. The smallest absolute Gasteiger partial charge is 0.472 e. The molecule has 0 saturated heterocycles. The van der Waals surface area contributed by atoms with Crippen LogP contribution in [-0.4, -0.2) is 59.9 Å². The lowest BCUT2D eigenvalue weighted by atomic mass is 10.0. The van der Waals surface area contributed by atoms with E-state index in [1.807, 2.05) is 12.2 Å². The number of carboxylic acids is 1. The minimum absolute atomic E-state index is 0.0475. The minimum Gasteiger partial charge on any atom is -0.480 e. The molecule has 0 bridgehead atoms. The molecule has 4 N–H and O–H groups in total. The van der Waals surface area contributed by atoms with Crippen molar-refractivity contribution in [2.75, 3.05) is 19.8 Å². The number of unbranched alkanes of at least 4 members (excludes halogenated alkanes) is 21. The van der Waals surface area contributed by atoms with Crippen LogP contribution in [0.4, 0.5) is 0 Å². The first-order valence-electron chi connectivity index (χ1n) is 22.0. The molecule has 326 valence electrons. The van der Waals surface area contributed by atoms with E-state index < -0.39 is 51.1 Å². The van der Waals surface area contributed by atoms with E-state index in [0.717, 1.165) is 38.5 Å². The topological polar surface area (TPSA) is 172 Å². The number of esters is 2. The quantitative estimate of drug-likeness (QED) is 0.0232. The van der Waals surface area contributed by atoms with Crippen molar-refractivity contribution in [2.24, 2.45) is 5.73 Å². The summed E-state index contributed by atoms with van der Waals surface area (Å²) >= 11 is 0. The van der Waals surface area contributed by atoms with E-state index in [1.54, 1.807) is 0 Å². The molecule has 0 rings (SSSR count). The molecule has 0 amide bonds. The summed E-state index contributed by atoms with van der Waals surface area (Å²) in [5.41, 5.74) is 5.33. The zero-order valence-electron chi connectivity index (χ0n) is 35.2. The van der Waals surface area contributed by atoms with E-state index >= 15 is 0 Å². The highest BCUT2D eigenvalue weighted by atomic mass is 31.2. The maximum absolute atomic E-state index is 12.6.